The van der Waals surface area contributed by atoms with Crippen molar-refractivity contribution in [2.45, 2.75) is 33.2 Å². The zero-order valence-electron chi connectivity index (χ0n) is 12.6. The van der Waals surface area contributed by atoms with Gasteiger partial charge < -0.3 is 10.6 Å². The molecule has 5 heteroatoms. The van der Waals surface area contributed by atoms with Crippen molar-refractivity contribution < 1.29 is 4.79 Å². The first-order chi connectivity index (χ1) is 10.0. The van der Waals surface area contributed by atoms with Crippen LogP contribution in [0.15, 0.2) is 29.6 Å². The van der Waals surface area contributed by atoms with Gasteiger partial charge in [0.2, 0.25) is 5.91 Å². The molecule has 0 bridgehead atoms. The van der Waals surface area contributed by atoms with Crippen molar-refractivity contribution in [1.82, 2.24) is 10.3 Å². The summed E-state index contributed by atoms with van der Waals surface area (Å²) < 4.78 is 0. The number of anilines is 1. The van der Waals surface area contributed by atoms with E-state index >= 15 is 0 Å². The van der Waals surface area contributed by atoms with Crippen LogP contribution < -0.4 is 10.6 Å². The molecule has 4 nitrogen and oxygen atoms in total. The van der Waals surface area contributed by atoms with Gasteiger partial charge in [-0.1, -0.05) is 26.0 Å². The highest BCUT2D eigenvalue weighted by atomic mass is 32.1. The Kier molecular flexibility index (Phi) is 5.47. The van der Waals surface area contributed by atoms with Gasteiger partial charge in [-0.3, -0.25) is 4.79 Å². The van der Waals surface area contributed by atoms with E-state index in [0.29, 0.717) is 19.0 Å². The van der Waals surface area contributed by atoms with Crippen LogP contribution in [0.2, 0.25) is 0 Å². The van der Waals surface area contributed by atoms with E-state index in [1.807, 2.05) is 36.6 Å². The lowest BCUT2D eigenvalue weighted by Gasteiger charge is -2.08. The Balaban J connectivity index is 1.89. The van der Waals surface area contributed by atoms with E-state index in [-0.39, 0.29) is 5.91 Å². The normalized spacial score (nSPS) is 10.9. The molecule has 0 fully saturated rings. The SMILES string of the molecule is Cc1nc(-c2ccc(NC(=O)CCNC(C)C)cc2)cs1. The van der Waals surface area contributed by atoms with Crippen molar-refractivity contribution in [3.8, 4) is 11.3 Å². The second kappa shape index (κ2) is 7.33. The van der Waals surface area contributed by atoms with Crippen molar-refractivity contribution in [3.63, 3.8) is 0 Å². The van der Waals surface area contributed by atoms with Crippen molar-refractivity contribution >= 4 is 22.9 Å². The molecular formula is C16H21N3OS. The quantitative estimate of drug-likeness (QED) is 0.859. The van der Waals surface area contributed by atoms with Gasteiger partial charge in [0.1, 0.15) is 0 Å². The van der Waals surface area contributed by atoms with Gasteiger partial charge in [0.25, 0.3) is 0 Å². The van der Waals surface area contributed by atoms with E-state index in [1.54, 1.807) is 11.3 Å². The van der Waals surface area contributed by atoms with Gasteiger partial charge in [-0.15, -0.1) is 11.3 Å². The van der Waals surface area contributed by atoms with E-state index in [2.05, 4.69) is 29.5 Å². The van der Waals surface area contributed by atoms with E-state index in [9.17, 15) is 4.79 Å². The number of aromatic nitrogens is 1. The van der Waals surface area contributed by atoms with Gasteiger partial charge in [-0.25, -0.2) is 4.98 Å². The molecule has 0 atom stereocenters. The lowest BCUT2D eigenvalue weighted by molar-refractivity contribution is -0.116. The molecule has 0 aliphatic heterocycles. The summed E-state index contributed by atoms with van der Waals surface area (Å²) in [6.07, 6.45) is 0.477. The highest BCUT2D eigenvalue weighted by molar-refractivity contribution is 7.09. The Bertz CT molecular complexity index is 590. The monoisotopic (exact) mass is 303 g/mol. The number of nitrogens with one attached hydrogen (secondary N) is 2. The van der Waals surface area contributed by atoms with Crippen LogP contribution in [0, 0.1) is 6.92 Å². The van der Waals surface area contributed by atoms with Gasteiger partial charge in [0.15, 0.2) is 0 Å². The number of benzene rings is 1. The molecule has 1 heterocycles. The smallest absolute Gasteiger partial charge is 0.225 e. The summed E-state index contributed by atoms with van der Waals surface area (Å²) in [4.78, 5) is 16.2. The molecule has 0 unspecified atom stereocenters. The van der Waals surface area contributed by atoms with Crippen molar-refractivity contribution in [1.29, 1.82) is 0 Å². The summed E-state index contributed by atoms with van der Waals surface area (Å²) in [6, 6.07) is 8.20. The van der Waals surface area contributed by atoms with Crippen LogP contribution in [0.4, 0.5) is 5.69 Å². The Morgan fingerprint density at radius 1 is 1.29 bits per heavy atom. The van der Waals surface area contributed by atoms with Crippen LogP contribution in [0.25, 0.3) is 11.3 Å². The predicted molar refractivity (Wildman–Crippen MR) is 88.7 cm³/mol. The molecule has 2 aromatic rings. The molecule has 1 aromatic carbocycles. The predicted octanol–water partition coefficient (Wildman–Crippen LogP) is 3.45. The van der Waals surface area contributed by atoms with Crippen LogP contribution in [0.5, 0.6) is 0 Å². The van der Waals surface area contributed by atoms with Gasteiger partial charge in [0, 0.05) is 35.6 Å². The molecule has 0 aliphatic carbocycles. The molecule has 2 N–H and O–H groups in total. The highest BCUT2D eigenvalue weighted by Crippen LogP contribution is 2.23. The van der Waals surface area contributed by atoms with E-state index in [0.717, 1.165) is 22.0 Å². The van der Waals surface area contributed by atoms with Crippen molar-refractivity contribution in [2.75, 3.05) is 11.9 Å². The van der Waals surface area contributed by atoms with Crippen LogP contribution in [-0.4, -0.2) is 23.5 Å². The number of thiazole rings is 1. The fourth-order valence-electron chi connectivity index (χ4n) is 1.92. The van der Waals surface area contributed by atoms with Crippen LogP contribution in [0.3, 0.4) is 0 Å². The number of carbonyl (C=O) groups excluding carboxylic acids is 1. The second-order valence-electron chi connectivity index (χ2n) is 5.24. The Hall–Kier alpha value is -1.72. The summed E-state index contributed by atoms with van der Waals surface area (Å²) in [5.74, 6) is 0.0282. The number of aryl methyl sites for hydroxylation is 1. The largest absolute Gasteiger partial charge is 0.326 e. The van der Waals surface area contributed by atoms with Gasteiger partial charge in [-0.2, -0.15) is 0 Å². The first kappa shape index (κ1) is 15.7. The maximum absolute atomic E-state index is 11.8. The lowest BCUT2D eigenvalue weighted by atomic mass is 10.1. The number of nitrogens with zero attached hydrogens (tertiary/aromatic N) is 1. The second-order valence-corrected chi connectivity index (χ2v) is 6.30. The van der Waals surface area contributed by atoms with Crippen LogP contribution >= 0.6 is 11.3 Å². The molecule has 0 saturated carbocycles. The lowest BCUT2D eigenvalue weighted by Crippen LogP contribution is -2.27. The van der Waals surface area contributed by atoms with Gasteiger partial charge in [0.05, 0.1) is 10.7 Å². The minimum absolute atomic E-state index is 0.0282. The minimum atomic E-state index is 0.0282. The molecule has 1 amide bonds. The highest BCUT2D eigenvalue weighted by Gasteiger charge is 2.05. The molecule has 21 heavy (non-hydrogen) atoms. The molecule has 112 valence electrons. The Labute approximate surface area is 129 Å². The first-order valence-corrected chi connectivity index (χ1v) is 7.98. The summed E-state index contributed by atoms with van der Waals surface area (Å²) in [6.45, 7) is 6.82. The average molecular weight is 303 g/mol. The molecule has 0 spiro atoms. The number of rotatable bonds is 6. The molecular weight excluding hydrogens is 282 g/mol. The molecule has 2 rings (SSSR count). The van der Waals surface area contributed by atoms with Crippen molar-refractivity contribution in [3.05, 3.63) is 34.7 Å². The summed E-state index contributed by atoms with van der Waals surface area (Å²) in [7, 11) is 0. The third-order valence-electron chi connectivity index (χ3n) is 2.99. The maximum atomic E-state index is 11.8. The van der Waals surface area contributed by atoms with Crippen LogP contribution in [-0.2, 0) is 4.79 Å². The number of hydrogen-bond acceptors (Lipinski definition) is 4. The first-order valence-electron chi connectivity index (χ1n) is 7.10. The van der Waals surface area contributed by atoms with E-state index in [4.69, 9.17) is 0 Å². The van der Waals surface area contributed by atoms with Gasteiger partial charge >= 0.3 is 0 Å². The Morgan fingerprint density at radius 3 is 2.57 bits per heavy atom. The van der Waals surface area contributed by atoms with E-state index in [1.165, 1.54) is 0 Å². The third kappa shape index (κ3) is 4.95. The Morgan fingerprint density at radius 2 is 2.00 bits per heavy atom. The topological polar surface area (TPSA) is 54.0 Å². The van der Waals surface area contributed by atoms with Crippen LogP contribution in [0.1, 0.15) is 25.3 Å². The number of amides is 1. The zero-order valence-corrected chi connectivity index (χ0v) is 13.5. The average Bonchev–Trinajstić information content (AvgIpc) is 2.86. The number of carbonyl (C=O) groups is 1. The number of hydrogen-bond donors (Lipinski definition) is 2. The fraction of sp³-hybridized carbons (Fsp3) is 0.375. The zero-order chi connectivity index (χ0) is 15.2. The van der Waals surface area contributed by atoms with Crippen molar-refractivity contribution in [2.24, 2.45) is 0 Å². The summed E-state index contributed by atoms with van der Waals surface area (Å²) in [5.41, 5.74) is 2.87. The molecule has 0 saturated heterocycles. The molecule has 0 radical (unpaired) electrons. The summed E-state index contributed by atoms with van der Waals surface area (Å²) >= 11 is 1.64. The maximum Gasteiger partial charge on any atom is 0.225 e. The standard InChI is InChI=1S/C16H21N3OS/c1-11(2)17-9-8-16(20)19-14-6-4-13(5-7-14)15-10-21-12(3)18-15/h4-7,10-11,17H,8-9H2,1-3H3,(H,19,20). The minimum Gasteiger partial charge on any atom is -0.326 e. The summed E-state index contributed by atoms with van der Waals surface area (Å²) in [5, 5.41) is 9.23. The fourth-order valence-corrected chi connectivity index (χ4v) is 2.54. The van der Waals surface area contributed by atoms with E-state index < -0.39 is 0 Å². The van der Waals surface area contributed by atoms with Gasteiger partial charge in [-0.05, 0) is 19.1 Å². The molecule has 1 aromatic heterocycles. The third-order valence-corrected chi connectivity index (χ3v) is 3.76. The molecule has 0 aliphatic rings.